The van der Waals surface area contributed by atoms with Gasteiger partial charge in [0.25, 0.3) is 0 Å². The van der Waals surface area contributed by atoms with Gasteiger partial charge < -0.3 is 15.4 Å². The minimum absolute atomic E-state index is 0.187. The van der Waals surface area contributed by atoms with Gasteiger partial charge in [-0.25, -0.2) is 9.38 Å². The topological polar surface area (TPSA) is 48.9 Å². The fourth-order valence-corrected chi connectivity index (χ4v) is 3.57. The zero-order valence-electron chi connectivity index (χ0n) is 16.8. The molecule has 1 aromatic rings. The molecule has 5 nitrogen and oxygen atoms in total. The summed E-state index contributed by atoms with van der Waals surface area (Å²) in [4.78, 5) is 7.18. The van der Waals surface area contributed by atoms with E-state index in [0.29, 0.717) is 6.54 Å². The predicted molar refractivity (Wildman–Crippen MR) is 113 cm³/mol. The molecule has 1 aromatic carbocycles. The number of methoxy groups -OCH3 is 1. The van der Waals surface area contributed by atoms with Gasteiger partial charge in [0.05, 0.1) is 13.2 Å². The minimum atomic E-state index is -0.187. The van der Waals surface area contributed by atoms with Crippen molar-refractivity contribution in [1.29, 1.82) is 0 Å². The number of rotatable bonds is 12. The van der Waals surface area contributed by atoms with Gasteiger partial charge >= 0.3 is 0 Å². The van der Waals surface area contributed by atoms with Crippen molar-refractivity contribution in [1.82, 2.24) is 15.5 Å². The standard InChI is InChI=1S/C20H33FN4OS/c1-4-22-20(23-9-10-25(11-12-26-2)19-7-8-19)24-14-16-5-6-18(21)13-17(16)15-27-3/h5-6,13,19H,4,7-12,14-15H2,1-3H3,(H2,22,23,24). The number of hydrogen-bond acceptors (Lipinski definition) is 4. The number of thioether (sulfide) groups is 1. The second kappa shape index (κ2) is 12.2. The van der Waals surface area contributed by atoms with E-state index in [2.05, 4.69) is 22.5 Å². The van der Waals surface area contributed by atoms with Crippen molar-refractivity contribution in [3.05, 3.63) is 35.1 Å². The molecule has 2 rings (SSSR count). The van der Waals surface area contributed by atoms with Crippen LogP contribution < -0.4 is 10.6 Å². The van der Waals surface area contributed by atoms with Crippen LogP contribution in [0.4, 0.5) is 4.39 Å². The van der Waals surface area contributed by atoms with Crippen LogP contribution in [0.3, 0.4) is 0 Å². The number of benzene rings is 1. The lowest BCUT2D eigenvalue weighted by Crippen LogP contribution is -2.42. The van der Waals surface area contributed by atoms with Crippen molar-refractivity contribution in [2.45, 2.75) is 38.1 Å². The number of guanidine groups is 1. The Balaban J connectivity index is 1.90. The monoisotopic (exact) mass is 396 g/mol. The Kier molecular flexibility index (Phi) is 9.94. The Labute approximate surface area is 167 Å². The van der Waals surface area contributed by atoms with Gasteiger partial charge in [-0.2, -0.15) is 11.8 Å². The maximum absolute atomic E-state index is 13.5. The van der Waals surface area contributed by atoms with Crippen LogP contribution in [0.1, 0.15) is 30.9 Å². The van der Waals surface area contributed by atoms with Gasteiger partial charge in [0.1, 0.15) is 5.82 Å². The van der Waals surface area contributed by atoms with Crippen molar-refractivity contribution in [2.24, 2.45) is 4.99 Å². The fraction of sp³-hybridized carbons (Fsp3) is 0.650. The average Bonchev–Trinajstić information content (AvgIpc) is 3.49. The van der Waals surface area contributed by atoms with Gasteiger partial charge in [0.15, 0.2) is 5.96 Å². The lowest BCUT2D eigenvalue weighted by molar-refractivity contribution is 0.144. The highest BCUT2D eigenvalue weighted by Crippen LogP contribution is 2.26. The largest absolute Gasteiger partial charge is 0.383 e. The molecule has 1 fully saturated rings. The number of nitrogens with zero attached hydrogens (tertiary/aromatic N) is 2. The summed E-state index contributed by atoms with van der Waals surface area (Å²) in [6.07, 6.45) is 4.61. The summed E-state index contributed by atoms with van der Waals surface area (Å²) in [6, 6.07) is 5.69. The first kappa shape index (κ1) is 22.0. The lowest BCUT2D eigenvalue weighted by atomic mass is 10.1. The average molecular weight is 397 g/mol. The number of hydrogen-bond donors (Lipinski definition) is 2. The molecule has 1 saturated carbocycles. The molecule has 0 atom stereocenters. The highest BCUT2D eigenvalue weighted by atomic mass is 32.2. The van der Waals surface area contributed by atoms with Gasteiger partial charge in [0.2, 0.25) is 0 Å². The molecular weight excluding hydrogens is 363 g/mol. The van der Waals surface area contributed by atoms with Crippen LogP contribution >= 0.6 is 11.8 Å². The summed E-state index contributed by atoms with van der Waals surface area (Å²) in [5.74, 6) is 1.41. The molecule has 0 saturated heterocycles. The molecule has 0 heterocycles. The Morgan fingerprint density at radius 1 is 1.30 bits per heavy atom. The van der Waals surface area contributed by atoms with E-state index in [1.807, 2.05) is 12.3 Å². The van der Waals surface area contributed by atoms with Crippen molar-refractivity contribution in [2.75, 3.05) is 46.2 Å². The van der Waals surface area contributed by atoms with Gasteiger partial charge in [-0.15, -0.1) is 0 Å². The molecule has 2 N–H and O–H groups in total. The predicted octanol–water partition coefficient (Wildman–Crippen LogP) is 2.85. The Morgan fingerprint density at radius 3 is 2.78 bits per heavy atom. The van der Waals surface area contributed by atoms with Crippen molar-refractivity contribution in [3.8, 4) is 0 Å². The van der Waals surface area contributed by atoms with Crippen molar-refractivity contribution >= 4 is 17.7 Å². The molecule has 152 valence electrons. The van der Waals surface area contributed by atoms with Crippen LogP contribution in [-0.4, -0.2) is 63.1 Å². The highest BCUT2D eigenvalue weighted by Gasteiger charge is 2.28. The van der Waals surface area contributed by atoms with Crippen LogP contribution in [0, 0.1) is 5.82 Å². The van der Waals surface area contributed by atoms with Gasteiger partial charge in [-0.1, -0.05) is 6.07 Å². The molecule has 0 amide bonds. The SMILES string of the molecule is CCNC(=NCc1ccc(F)cc1CSC)NCCN(CCOC)C1CC1. The molecule has 0 aromatic heterocycles. The molecule has 0 bridgehead atoms. The van der Waals surface area contributed by atoms with Crippen molar-refractivity contribution in [3.63, 3.8) is 0 Å². The molecular formula is C20H33FN4OS. The maximum Gasteiger partial charge on any atom is 0.191 e. The van der Waals surface area contributed by atoms with E-state index in [9.17, 15) is 4.39 Å². The first-order valence-electron chi connectivity index (χ1n) is 9.69. The van der Waals surface area contributed by atoms with Crippen LogP contribution in [0.5, 0.6) is 0 Å². The quantitative estimate of drug-likeness (QED) is 0.420. The van der Waals surface area contributed by atoms with Gasteiger partial charge in [0, 0.05) is 45.1 Å². The molecule has 1 aliphatic carbocycles. The van der Waals surface area contributed by atoms with E-state index in [-0.39, 0.29) is 5.82 Å². The van der Waals surface area contributed by atoms with Crippen LogP contribution in [0.2, 0.25) is 0 Å². The first-order chi connectivity index (χ1) is 13.2. The summed E-state index contributed by atoms with van der Waals surface area (Å²) in [5.41, 5.74) is 2.09. The summed E-state index contributed by atoms with van der Waals surface area (Å²) in [5, 5.41) is 6.71. The first-order valence-corrected chi connectivity index (χ1v) is 11.1. The number of nitrogens with one attached hydrogen (secondary N) is 2. The summed E-state index contributed by atoms with van der Waals surface area (Å²) >= 11 is 1.69. The van der Waals surface area contributed by atoms with Gasteiger partial charge in [-0.3, -0.25) is 4.90 Å². The highest BCUT2D eigenvalue weighted by molar-refractivity contribution is 7.97. The molecule has 7 heteroatoms. The zero-order chi connectivity index (χ0) is 19.5. The third-order valence-corrected chi connectivity index (χ3v) is 5.16. The van der Waals surface area contributed by atoms with Crippen LogP contribution in [-0.2, 0) is 17.0 Å². The van der Waals surface area contributed by atoms with Gasteiger partial charge in [-0.05, 0) is 49.3 Å². The zero-order valence-corrected chi connectivity index (χ0v) is 17.6. The minimum Gasteiger partial charge on any atom is -0.383 e. The van der Waals surface area contributed by atoms with E-state index >= 15 is 0 Å². The van der Waals surface area contributed by atoms with E-state index < -0.39 is 0 Å². The van der Waals surface area contributed by atoms with Crippen molar-refractivity contribution < 1.29 is 9.13 Å². The lowest BCUT2D eigenvalue weighted by Gasteiger charge is -2.22. The smallest absolute Gasteiger partial charge is 0.191 e. The maximum atomic E-state index is 13.5. The molecule has 0 aliphatic heterocycles. The van der Waals surface area contributed by atoms with E-state index in [1.165, 1.54) is 18.9 Å². The summed E-state index contributed by atoms with van der Waals surface area (Å²) in [6.45, 7) is 6.98. The fourth-order valence-electron chi connectivity index (χ4n) is 2.99. The normalized spacial score (nSPS) is 14.6. The Bertz CT molecular complexity index is 595. The molecule has 27 heavy (non-hydrogen) atoms. The molecule has 0 spiro atoms. The van der Waals surface area contributed by atoms with Crippen LogP contribution in [0.15, 0.2) is 23.2 Å². The Morgan fingerprint density at radius 2 is 2.11 bits per heavy atom. The van der Waals surface area contributed by atoms with Crippen LogP contribution in [0.25, 0.3) is 0 Å². The number of ether oxygens (including phenoxy) is 1. The van der Waals surface area contributed by atoms with E-state index in [4.69, 9.17) is 9.73 Å². The second-order valence-electron chi connectivity index (χ2n) is 6.73. The van der Waals surface area contributed by atoms with E-state index in [1.54, 1.807) is 24.9 Å². The Hall–Kier alpha value is -1.31. The third kappa shape index (κ3) is 8.07. The third-order valence-electron chi connectivity index (χ3n) is 4.56. The molecule has 1 aliphatic rings. The second-order valence-corrected chi connectivity index (χ2v) is 7.59. The van der Waals surface area contributed by atoms with E-state index in [0.717, 1.165) is 61.7 Å². The molecule has 0 unspecified atom stereocenters. The summed E-state index contributed by atoms with van der Waals surface area (Å²) < 4.78 is 18.7. The number of aliphatic imine (C=N–C) groups is 1. The molecule has 0 radical (unpaired) electrons. The summed E-state index contributed by atoms with van der Waals surface area (Å²) in [7, 11) is 1.75. The number of halogens is 1.